The van der Waals surface area contributed by atoms with E-state index in [1.54, 1.807) is 0 Å². The summed E-state index contributed by atoms with van der Waals surface area (Å²) in [4.78, 5) is 13.1. The molecular formula is C28H33N3O2S. The van der Waals surface area contributed by atoms with Gasteiger partial charge in [0.05, 0.1) is 11.7 Å². The van der Waals surface area contributed by atoms with E-state index in [0.717, 1.165) is 31.5 Å². The maximum Gasteiger partial charge on any atom is 0.251 e. The normalized spacial score (nSPS) is 14.6. The van der Waals surface area contributed by atoms with Crippen LogP contribution in [0, 0.1) is 5.92 Å². The molecule has 4 rings (SSSR count). The number of carbonyl (C=O) groups excluding carboxylic acids is 1. The molecule has 3 N–H and O–H groups in total. The molecule has 1 amide bonds. The van der Waals surface area contributed by atoms with Crippen LogP contribution in [0.4, 0.5) is 5.69 Å². The zero-order valence-corrected chi connectivity index (χ0v) is 20.7. The van der Waals surface area contributed by atoms with Gasteiger partial charge in [-0.2, -0.15) is 0 Å². The number of hydrogen-bond acceptors (Lipinski definition) is 5. The first-order valence-electron chi connectivity index (χ1n) is 12.0. The Morgan fingerprint density at radius 3 is 2.68 bits per heavy atom. The van der Waals surface area contributed by atoms with E-state index in [-0.39, 0.29) is 11.9 Å². The first-order valence-corrected chi connectivity index (χ1v) is 12.7. The monoisotopic (exact) mass is 475 g/mol. The molecule has 178 valence electrons. The lowest BCUT2D eigenvalue weighted by atomic mass is 10.1. The van der Waals surface area contributed by atoms with Gasteiger partial charge in [-0.15, -0.1) is 0 Å². The molecule has 1 aliphatic rings. The summed E-state index contributed by atoms with van der Waals surface area (Å²) in [5.41, 5.74) is 5.16. The average Bonchev–Trinajstić information content (AvgIpc) is 3.26. The third-order valence-corrected chi connectivity index (χ3v) is 6.61. The van der Waals surface area contributed by atoms with Gasteiger partial charge in [0.2, 0.25) is 0 Å². The van der Waals surface area contributed by atoms with E-state index in [1.165, 1.54) is 28.9 Å². The Labute approximate surface area is 207 Å². The van der Waals surface area contributed by atoms with E-state index in [9.17, 15) is 4.79 Å². The molecule has 0 saturated heterocycles. The van der Waals surface area contributed by atoms with Gasteiger partial charge in [-0.05, 0) is 60.1 Å². The van der Waals surface area contributed by atoms with Crippen molar-refractivity contribution in [2.75, 3.05) is 11.9 Å². The fourth-order valence-corrected chi connectivity index (χ4v) is 4.57. The van der Waals surface area contributed by atoms with Gasteiger partial charge < -0.3 is 14.8 Å². The Morgan fingerprint density at radius 1 is 1.06 bits per heavy atom. The largest absolute Gasteiger partial charge is 0.407 e. The highest BCUT2D eigenvalue weighted by Gasteiger charge is 2.24. The number of fused-ring (bicyclic) bond motifs is 1. The molecule has 0 radical (unpaired) electrons. The maximum absolute atomic E-state index is 13.1. The average molecular weight is 476 g/mol. The summed E-state index contributed by atoms with van der Waals surface area (Å²) in [7, 11) is 0. The zero-order chi connectivity index (χ0) is 23.8. The highest BCUT2D eigenvalue weighted by atomic mass is 32.2. The summed E-state index contributed by atoms with van der Waals surface area (Å²) in [6, 6.07) is 24.2. The second-order valence-corrected chi connectivity index (χ2v) is 9.68. The number of rotatable bonds is 11. The minimum Gasteiger partial charge on any atom is -0.407 e. The molecule has 3 aromatic carbocycles. The molecule has 0 bridgehead atoms. The van der Waals surface area contributed by atoms with Crippen LogP contribution >= 0.6 is 12.2 Å². The summed E-state index contributed by atoms with van der Waals surface area (Å²) < 4.78 is 9.24. The molecule has 0 spiro atoms. The van der Waals surface area contributed by atoms with E-state index < -0.39 is 0 Å². The molecule has 0 aromatic heterocycles. The van der Waals surface area contributed by atoms with Crippen LogP contribution in [-0.4, -0.2) is 12.5 Å². The van der Waals surface area contributed by atoms with Crippen LogP contribution in [0.15, 0.2) is 72.8 Å². The Bertz CT molecular complexity index is 1090. The number of benzene rings is 3. The number of aryl methyl sites for hydroxylation is 1. The lowest BCUT2D eigenvalue weighted by Crippen LogP contribution is -2.27. The molecule has 0 fully saturated rings. The number of anilines is 1. The van der Waals surface area contributed by atoms with Crippen LogP contribution in [-0.2, 0) is 13.0 Å². The van der Waals surface area contributed by atoms with Gasteiger partial charge in [-0.3, -0.25) is 4.79 Å². The fraction of sp³-hybridized carbons (Fsp3) is 0.321. The first-order chi connectivity index (χ1) is 16.6. The van der Waals surface area contributed by atoms with Crippen molar-refractivity contribution >= 4 is 23.8 Å². The van der Waals surface area contributed by atoms with Crippen LogP contribution in [0.5, 0.6) is 5.75 Å². The Hall–Kier alpha value is -2.96. The predicted molar refractivity (Wildman–Crippen MR) is 141 cm³/mol. The van der Waals surface area contributed by atoms with Gasteiger partial charge in [0, 0.05) is 18.7 Å². The molecule has 34 heavy (non-hydrogen) atoms. The van der Waals surface area contributed by atoms with Crippen molar-refractivity contribution in [2.24, 2.45) is 5.92 Å². The summed E-state index contributed by atoms with van der Waals surface area (Å²) in [6.07, 6.45) is 3.00. The quantitative estimate of drug-likeness (QED) is 0.173. The van der Waals surface area contributed by atoms with Gasteiger partial charge in [0.15, 0.2) is 5.75 Å². The molecule has 1 unspecified atom stereocenters. The van der Waals surface area contributed by atoms with E-state index >= 15 is 0 Å². The summed E-state index contributed by atoms with van der Waals surface area (Å²) in [6.45, 7) is 5.93. The van der Waals surface area contributed by atoms with Crippen LogP contribution < -0.4 is 19.5 Å². The van der Waals surface area contributed by atoms with Crippen molar-refractivity contribution in [3.63, 3.8) is 0 Å². The van der Waals surface area contributed by atoms with Crippen LogP contribution in [0.3, 0.4) is 0 Å². The topological polar surface area (TPSA) is 62.4 Å². The molecule has 0 aliphatic heterocycles. The SMILES string of the molecule is CC(C)CCNSOc1cc(C(=O)NC2CCc3ccccc32)ccc1NCc1ccccc1. The lowest BCUT2D eigenvalue weighted by molar-refractivity contribution is 0.0936. The van der Waals surface area contributed by atoms with Gasteiger partial charge >= 0.3 is 0 Å². The Balaban J connectivity index is 1.44. The van der Waals surface area contributed by atoms with Crippen molar-refractivity contribution in [3.8, 4) is 5.75 Å². The van der Waals surface area contributed by atoms with Crippen molar-refractivity contribution < 1.29 is 8.98 Å². The standard InChI is InChI=1S/C28H33N3O2S/c1-20(2)16-17-30-34-33-27-18-23(13-15-26(27)29-19-21-8-4-3-5-9-21)28(32)31-25-14-12-22-10-6-7-11-24(22)25/h3-11,13,15,18,20,25,29-30H,12,14,16-17,19H2,1-2H3,(H,31,32). The van der Waals surface area contributed by atoms with Crippen LogP contribution in [0.2, 0.25) is 0 Å². The summed E-state index contributed by atoms with van der Waals surface area (Å²) in [5, 5.41) is 6.65. The van der Waals surface area contributed by atoms with Crippen LogP contribution in [0.1, 0.15) is 59.8 Å². The highest BCUT2D eigenvalue weighted by molar-refractivity contribution is 7.93. The molecule has 0 saturated carbocycles. The van der Waals surface area contributed by atoms with Gasteiger partial charge in [-0.1, -0.05) is 68.4 Å². The van der Waals surface area contributed by atoms with Gasteiger partial charge in [0.25, 0.3) is 5.91 Å². The number of amides is 1. The second-order valence-electron chi connectivity index (χ2n) is 9.06. The predicted octanol–water partition coefficient (Wildman–Crippen LogP) is 6.29. The summed E-state index contributed by atoms with van der Waals surface area (Å²) >= 11 is 1.21. The van der Waals surface area contributed by atoms with Crippen molar-refractivity contribution in [2.45, 2.75) is 45.7 Å². The number of nitrogens with one attached hydrogen (secondary N) is 3. The van der Waals surface area contributed by atoms with E-state index in [1.807, 2.05) is 42.5 Å². The van der Waals surface area contributed by atoms with E-state index in [2.05, 4.69) is 59.5 Å². The smallest absolute Gasteiger partial charge is 0.251 e. The first kappa shape index (κ1) is 24.2. The Morgan fingerprint density at radius 2 is 1.85 bits per heavy atom. The minimum atomic E-state index is -0.0843. The molecule has 5 nitrogen and oxygen atoms in total. The molecule has 1 atom stereocenters. The number of carbonyl (C=O) groups is 1. The third-order valence-electron chi connectivity index (χ3n) is 6.02. The van der Waals surface area contributed by atoms with E-state index in [0.29, 0.717) is 23.8 Å². The molecular weight excluding hydrogens is 442 g/mol. The highest BCUT2D eigenvalue weighted by Crippen LogP contribution is 2.32. The maximum atomic E-state index is 13.1. The van der Waals surface area contributed by atoms with Crippen LogP contribution in [0.25, 0.3) is 0 Å². The second kappa shape index (κ2) is 12.0. The molecule has 6 heteroatoms. The molecule has 3 aromatic rings. The van der Waals surface area contributed by atoms with Gasteiger partial charge in [0.1, 0.15) is 12.2 Å². The molecule has 0 heterocycles. The fourth-order valence-electron chi connectivity index (χ4n) is 4.08. The third kappa shape index (κ3) is 6.55. The number of hydrogen-bond donors (Lipinski definition) is 3. The van der Waals surface area contributed by atoms with Gasteiger partial charge in [-0.25, -0.2) is 4.72 Å². The summed E-state index contributed by atoms with van der Waals surface area (Å²) in [5.74, 6) is 1.18. The van der Waals surface area contributed by atoms with Crippen molar-refractivity contribution in [3.05, 3.63) is 95.1 Å². The zero-order valence-electron chi connectivity index (χ0n) is 19.8. The van der Waals surface area contributed by atoms with Crippen molar-refractivity contribution in [1.82, 2.24) is 10.0 Å². The lowest BCUT2D eigenvalue weighted by Gasteiger charge is -2.17. The minimum absolute atomic E-state index is 0.0519. The Kier molecular flexibility index (Phi) is 8.50. The molecule has 1 aliphatic carbocycles. The van der Waals surface area contributed by atoms with E-state index in [4.69, 9.17) is 4.18 Å². The van der Waals surface area contributed by atoms with Crippen molar-refractivity contribution in [1.29, 1.82) is 0 Å².